The van der Waals surface area contributed by atoms with Crippen LogP contribution in [0.25, 0.3) is 0 Å². The van der Waals surface area contributed by atoms with E-state index in [9.17, 15) is 0 Å². The van der Waals surface area contributed by atoms with Crippen LogP contribution in [0.5, 0.6) is 0 Å². The highest BCUT2D eigenvalue weighted by atomic mass is 16.5. The fourth-order valence-electron chi connectivity index (χ4n) is 3.18. The van der Waals surface area contributed by atoms with Crippen LogP contribution in [-0.4, -0.2) is 49.3 Å². The van der Waals surface area contributed by atoms with Gasteiger partial charge in [-0.3, -0.25) is 4.90 Å². The lowest BCUT2D eigenvalue weighted by atomic mass is 10.1. The van der Waals surface area contributed by atoms with Crippen molar-refractivity contribution >= 4 is 0 Å². The molecule has 18 heavy (non-hydrogen) atoms. The highest BCUT2D eigenvalue weighted by Gasteiger charge is 2.23. The van der Waals surface area contributed by atoms with Gasteiger partial charge in [-0.2, -0.15) is 0 Å². The van der Waals surface area contributed by atoms with E-state index >= 15 is 0 Å². The van der Waals surface area contributed by atoms with E-state index in [0.29, 0.717) is 12.1 Å². The van der Waals surface area contributed by atoms with Crippen molar-refractivity contribution in [2.75, 3.05) is 26.2 Å². The third kappa shape index (κ3) is 4.52. The maximum absolute atomic E-state index is 5.67. The summed E-state index contributed by atoms with van der Waals surface area (Å²) in [5.41, 5.74) is 0. The summed E-state index contributed by atoms with van der Waals surface area (Å²) in [6.45, 7) is 8.75. The van der Waals surface area contributed by atoms with Crippen molar-refractivity contribution in [3.63, 3.8) is 0 Å². The van der Waals surface area contributed by atoms with E-state index in [0.717, 1.165) is 25.7 Å². The molecule has 1 aliphatic carbocycles. The van der Waals surface area contributed by atoms with Crippen LogP contribution in [0.2, 0.25) is 0 Å². The zero-order chi connectivity index (χ0) is 12.8. The van der Waals surface area contributed by atoms with Crippen LogP contribution in [0.3, 0.4) is 0 Å². The molecular weight excluding hydrogens is 224 g/mol. The molecule has 3 nitrogen and oxygen atoms in total. The average Bonchev–Trinajstić information content (AvgIpc) is 2.62. The largest absolute Gasteiger partial charge is 0.376 e. The molecule has 0 radical (unpaired) electrons. The van der Waals surface area contributed by atoms with Crippen molar-refractivity contribution in [2.24, 2.45) is 0 Å². The maximum Gasteiger partial charge on any atom is 0.0674 e. The van der Waals surface area contributed by atoms with Crippen LogP contribution in [0.1, 0.15) is 52.4 Å². The van der Waals surface area contributed by atoms with Crippen LogP contribution in [-0.2, 0) is 4.74 Å². The Morgan fingerprint density at radius 3 is 2.56 bits per heavy atom. The summed E-state index contributed by atoms with van der Waals surface area (Å²) < 4.78 is 5.67. The first-order valence-corrected chi connectivity index (χ1v) is 7.84. The van der Waals surface area contributed by atoms with Crippen LogP contribution >= 0.6 is 0 Å². The summed E-state index contributed by atoms with van der Waals surface area (Å²) in [6, 6.07) is 1.36. The molecule has 1 aliphatic heterocycles. The van der Waals surface area contributed by atoms with Crippen molar-refractivity contribution < 1.29 is 4.74 Å². The molecule has 0 aromatic rings. The minimum atomic E-state index is 0.402. The van der Waals surface area contributed by atoms with Gasteiger partial charge in [0.1, 0.15) is 0 Å². The SMILES string of the molecule is CC1CN(CCNC2CCCCCC2)C(C)CO1. The van der Waals surface area contributed by atoms with Gasteiger partial charge in [0.25, 0.3) is 0 Å². The van der Waals surface area contributed by atoms with Crippen molar-refractivity contribution in [1.82, 2.24) is 10.2 Å². The predicted molar refractivity (Wildman–Crippen MR) is 75.9 cm³/mol. The molecule has 1 N–H and O–H groups in total. The van der Waals surface area contributed by atoms with Crippen molar-refractivity contribution in [2.45, 2.75) is 70.6 Å². The first-order valence-electron chi connectivity index (χ1n) is 7.84. The second-order valence-electron chi connectivity index (χ2n) is 6.13. The van der Waals surface area contributed by atoms with E-state index in [4.69, 9.17) is 4.74 Å². The molecule has 3 heteroatoms. The van der Waals surface area contributed by atoms with Gasteiger partial charge in [-0.25, -0.2) is 0 Å². The second kappa shape index (κ2) is 7.46. The van der Waals surface area contributed by atoms with E-state index in [2.05, 4.69) is 24.1 Å². The maximum atomic E-state index is 5.67. The standard InChI is InChI=1S/C15H30N2O/c1-13-12-18-14(2)11-17(13)10-9-16-15-7-5-3-4-6-8-15/h13-16H,3-12H2,1-2H3. The number of hydrogen-bond acceptors (Lipinski definition) is 3. The van der Waals surface area contributed by atoms with Gasteiger partial charge in [-0.15, -0.1) is 0 Å². The summed E-state index contributed by atoms with van der Waals surface area (Å²) in [6.07, 6.45) is 8.89. The quantitative estimate of drug-likeness (QED) is 0.780. The highest BCUT2D eigenvalue weighted by Crippen LogP contribution is 2.17. The number of nitrogens with one attached hydrogen (secondary N) is 1. The van der Waals surface area contributed by atoms with Gasteiger partial charge in [0.2, 0.25) is 0 Å². The zero-order valence-electron chi connectivity index (χ0n) is 12.2. The van der Waals surface area contributed by atoms with Crippen LogP contribution < -0.4 is 5.32 Å². The third-order valence-electron chi connectivity index (χ3n) is 4.42. The fourth-order valence-corrected chi connectivity index (χ4v) is 3.18. The Bertz CT molecular complexity index is 227. The van der Waals surface area contributed by atoms with Crippen molar-refractivity contribution in [3.8, 4) is 0 Å². The highest BCUT2D eigenvalue weighted by molar-refractivity contribution is 4.77. The molecule has 2 fully saturated rings. The smallest absolute Gasteiger partial charge is 0.0674 e. The Morgan fingerprint density at radius 2 is 1.83 bits per heavy atom. The van der Waals surface area contributed by atoms with E-state index in [1.807, 2.05) is 0 Å². The minimum Gasteiger partial charge on any atom is -0.376 e. The van der Waals surface area contributed by atoms with E-state index in [1.165, 1.54) is 45.1 Å². The van der Waals surface area contributed by atoms with Gasteiger partial charge >= 0.3 is 0 Å². The number of morpholine rings is 1. The molecular formula is C15H30N2O. The second-order valence-corrected chi connectivity index (χ2v) is 6.13. The Balaban J connectivity index is 1.64. The minimum absolute atomic E-state index is 0.402. The zero-order valence-corrected chi connectivity index (χ0v) is 12.2. The fraction of sp³-hybridized carbons (Fsp3) is 1.00. The third-order valence-corrected chi connectivity index (χ3v) is 4.42. The summed E-state index contributed by atoms with van der Waals surface area (Å²) in [4.78, 5) is 2.57. The number of nitrogens with zero attached hydrogens (tertiary/aromatic N) is 1. The average molecular weight is 254 g/mol. The molecule has 106 valence electrons. The molecule has 2 aliphatic rings. The lowest BCUT2D eigenvalue weighted by molar-refractivity contribution is -0.0488. The lowest BCUT2D eigenvalue weighted by Gasteiger charge is -2.37. The Hall–Kier alpha value is -0.120. The van der Waals surface area contributed by atoms with E-state index in [1.54, 1.807) is 0 Å². The lowest BCUT2D eigenvalue weighted by Crippen LogP contribution is -2.50. The Labute approximate surface area is 112 Å². The van der Waals surface area contributed by atoms with Crippen molar-refractivity contribution in [1.29, 1.82) is 0 Å². The number of rotatable bonds is 4. The number of hydrogen-bond donors (Lipinski definition) is 1. The van der Waals surface area contributed by atoms with Crippen molar-refractivity contribution in [3.05, 3.63) is 0 Å². The molecule has 1 heterocycles. The molecule has 2 atom stereocenters. The van der Waals surface area contributed by atoms with Gasteiger partial charge in [0.05, 0.1) is 12.7 Å². The van der Waals surface area contributed by atoms with E-state index < -0.39 is 0 Å². The molecule has 2 rings (SSSR count). The first kappa shape index (κ1) is 14.3. The molecule has 0 aromatic heterocycles. The molecule has 1 saturated heterocycles. The van der Waals surface area contributed by atoms with Gasteiger partial charge in [0.15, 0.2) is 0 Å². The van der Waals surface area contributed by atoms with Crippen LogP contribution in [0.15, 0.2) is 0 Å². The van der Waals surface area contributed by atoms with Gasteiger partial charge < -0.3 is 10.1 Å². The normalized spacial score (nSPS) is 32.3. The van der Waals surface area contributed by atoms with Crippen LogP contribution in [0, 0.1) is 0 Å². The molecule has 0 amide bonds. The first-order chi connectivity index (χ1) is 8.75. The van der Waals surface area contributed by atoms with Gasteiger partial charge in [0, 0.05) is 31.7 Å². The molecule has 0 bridgehead atoms. The summed E-state index contributed by atoms with van der Waals surface area (Å²) in [7, 11) is 0. The van der Waals surface area contributed by atoms with Gasteiger partial charge in [-0.1, -0.05) is 25.7 Å². The molecule has 0 spiro atoms. The molecule has 2 unspecified atom stereocenters. The molecule has 1 saturated carbocycles. The topological polar surface area (TPSA) is 24.5 Å². The molecule has 0 aromatic carbocycles. The Kier molecular flexibility index (Phi) is 5.93. The monoisotopic (exact) mass is 254 g/mol. The summed E-state index contributed by atoms with van der Waals surface area (Å²) >= 11 is 0. The Morgan fingerprint density at radius 1 is 1.11 bits per heavy atom. The van der Waals surface area contributed by atoms with E-state index in [-0.39, 0.29) is 0 Å². The predicted octanol–water partition coefficient (Wildman–Crippen LogP) is 2.41. The van der Waals surface area contributed by atoms with Gasteiger partial charge in [-0.05, 0) is 26.7 Å². The summed E-state index contributed by atoms with van der Waals surface area (Å²) in [5.74, 6) is 0. The van der Waals surface area contributed by atoms with Crippen LogP contribution in [0.4, 0.5) is 0 Å². The summed E-state index contributed by atoms with van der Waals surface area (Å²) in [5, 5.41) is 3.76. The number of ether oxygens (including phenoxy) is 1.